The van der Waals surface area contributed by atoms with Gasteiger partial charge in [-0.1, -0.05) is 72.3 Å². The van der Waals surface area contributed by atoms with Crippen LogP contribution in [-0.2, 0) is 10.2 Å². The quantitative estimate of drug-likeness (QED) is 0.175. The van der Waals surface area contributed by atoms with Gasteiger partial charge in [0.25, 0.3) is 5.69 Å². The van der Waals surface area contributed by atoms with Gasteiger partial charge in [-0.05, 0) is 49.2 Å². The van der Waals surface area contributed by atoms with Crippen molar-refractivity contribution >= 4 is 40.1 Å². The summed E-state index contributed by atoms with van der Waals surface area (Å²) in [6.07, 6.45) is 2.00. The maximum Gasteiger partial charge on any atom is 0.269 e. The third kappa shape index (κ3) is 3.72. The fraction of sp³-hybridized carbons (Fsp3) is 0.171. The van der Waals surface area contributed by atoms with Crippen LogP contribution in [0.15, 0.2) is 103 Å². The van der Waals surface area contributed by atoms with Crippen LogP contribution in [0.25, 0.3) is 5.57 Å². The number of benzene rings is 4. The van der Waals surface area contributed by atoms with E-state index in [0.29, 0.717) is 16.8 Å². The molecular formula is C35H27N3O5. The SMILES string of the molecule is CC1=C[C@H]2N(c3ccccc31)[C@H](C(=O)c1ccc([N+](=O)[O-])cc1)[C@H](C(=O)c1ccc(C)cc1)[C@@]21C(=O)Nc2ccccc21. The van der Waals surface area contributed by atoms with Gasteiger partial charge in [-0.15, -0.1) is 0 Å². The number of fused-ring (bicyclic) bond motifs is 6. The van der Waals surface area contributed by atoms with Crippen LogP contribution < -0.4 is 10.2 Å². The number of nitrogens with one attached hydrogen (secondary N) is 1. The molecule has 4 atom stereocenters. The number of ketones is 2. The topological polar surface area (TPSA) is 110 Å². The zero-order valence-electron chi connectivity index (χ0n) is 23.5. The first-order chi connectivity index (χ1) is 20.7. The molecule has 1 fully saturated rings. The van der Waals surface area contributed by atoms with Gasteiger partial charge in [-0.2, -0.15) is 0 Å². The summed E-state index contributed by atoms with van der Waals surface area (Å²) < 4.78 is 0. The predicted molar refractivity (Wildman–Crippen MR) is 163 cm³/mol. The van der Waals surface area contributed by atoms with Gasteiger partial charge in [-0.25, -0.2) is 0 Å². The van der Waals surface area contributed by atoms with Crippen LogP contribution in [0.1, 0.15) is 44.3 Å². The van der Waals surface area contributed by atoms with Crippen molar-refractivity contribution in [2.24, 2.45) is 5.92 Å². The van der Waals surface area contributed by atoms with Gasteiger partial charge >= 0.3 is 0 Å². The third-order valence-corrected chi connectivity index (χ3v) is 9.13. The zero-order valence-corrected chi connectivity index (χ0v) is 23.5. The van der Waals surface area contributed by atoms with E-state index in [1.54, 1.807) is 12.1 Å². The largest absolute Gasteiger partial charge is 0.352 e. The highest BCUT2D eigenvalue weighted by Gasteiger charge is 2.70. The lowest BCUT2D eigenvalue weighted by Crippen LogP contribution is -2.51. The van der Waals surface area contributed by atoms with Crippen molar-refractivity contribution in [3.05, 3.63) is 141 Å². The summed E-state index contributed by atoms with van der Waals surface area (Å²) in [4.78, 5) is 56.8. The summed E-state index contributed by atoms with van der Waals surface area (Å²) in [5.74, 6) is -2.15. The first-order valence-electron chi connectivity index (χ1n) is 14.1. The van der Waals surface area contributed by atoms with E-state index in [-0.39, 0.29) is 28.7 Å². The van der Waals surface area contributed by atoms with Crippen molar-refractivity contribution in [2.75, 3.05) is 10.2 Å². The molecule has 0 radical (unpaired) electrons. The maximum atomic E-state index is 14.8. The number of carbonyl (C=O) groups is 3. The first-order valence-corrected chi connectivity index (χ1v) is 14.1. The average molecular weight is 570 g/mol. The number of carbonyl (C=O) groups excluding carboxylic acids is 3. The molecule has 1 N–H and O–H groups in total. The van der Waals surface area contributed by atoms with E-state index in [4.69, 9.17) is 0 Å². The fourth-order valence-corrected chi connectivity index (χ4v) is 7.20. The molecule has 0 aliphatic carbocycles. The Balaban J connectivity index is 1.53. The summed E-state index contributed by atoms with van der Waals surface area (Å²) in [5.41, 5.74) is 3.93. The number of allylic oxidation sites excluding steroid dienone is 1. The number of nitro benzene ring substituents is 1. The number of Topliss-reactive ketones (excluding diaryl/α,β-unsaturated/α-hetero) is 2. The first kappa shape index (κ1) is 26.5. The predicted octanol–water partition coefficient (Wildman–Crippen LogP) is 6.15. The summed E-state index contributed by atoms with van der Waals surface area (Å²) in [6, 6.07) is 25.9. The van der Waals surface area contributed by atoms with E-state index in [1.165, 1.54) is 24.3 Å². The number of hydrogen-bond acceptors (Lipinski definition) is 6. The van der Waals surface area contributed by atoms with Crippen molar-refractivity contribution in [1.29, 1.82) is 0 Å². The highest BCUT2D eigenvalue weighted by molar-refractivity contribution is 6.18. The maximum absolute atomic E-state index is 14.8. The Kier molecular flexibility index (Phi) is 5.92. The molecule has 0 unspecified atom stereocenters. The lowest BCUT2D eigenvalue weighted by Gasteiger charge is -2.39. The molecule has 212 valence electrons. The van der Waals surface area contributed by atoms with Crippen LogP contribution in [0, 0.1) is 23.0 Å². The monoisotopic (exact) mass is 569 g/mol. The summed E-state index contributed by atoms with van der Waals surface area (Å²) >= 11 is 0. The molecule has 3 aliphatic heterocycles. The Bertz CT molecular complexity index is 1880. The van der Waals surface area contributed by atoms with E-state index in [2.05, 4.69) is 5.32 Å². The van der Waals surface area contributed by atoms with Gasteiger partial charge in [-0.3, -0.25) is 24.5 Å². The molecule has 7 rings (SSSR count). The summed E-state index contributed by atoms with van der Waals surface area (Å²) in [5, 5.41) is 14.4. The molecule has 0 aromatic heterocycles. The van der Waals surface area contributed by atoms with Crippen molar-refractivity contribution in [2.45, 2.75) is 31.3 Å². The normalized spacial score (nSPS) is 23.2. The Morgan fingerprint density at radius 3 is 2.19 bits per heavy atom. The molecule has 43 heavy (non-hydrogen) atoms. The lowest BCUT2D eigenvalue weighted by atomic mass is 9.64. The smallest absolute Gasteiger partial charge is 0.269 e. The lowest BCUT2D eigenvalue weighted by molar-refractivity contribution is -0.384. The van der Waals surface area contributed by atoms with Crippen LogP contribution in [0.5, 0.6) is 0 Å². The van der Waals surface area contributed by atoms with E-state index in [1.807, 2.05) is 85.5 Å². The molecule has 1 saturated heterocycles. The Morgan fingerprint density at radius 1 is 0.837 bits per heavy atom. The van der Waals surface area contributed by atoms with Crippen LogP contribution in [-0.4, -0.2) is 34.5 Å². The van der Waals surface area contributed by atoms with E-state index >= 15 is 0 Å². The number of aryl methyl sites for hydroxylation is 1. The molecule has 8 heteroatoms. The molecular weight excluding hydrogens is 542 g/mol. The minimum absolute atomic E-state index is 0.143. The molecule has 4 aromatic rings. The van der Waals surface area contributed by atoms with Crippen LogP contribution >= 0.6 is 0 Å². The molecule has 0 bridgehead atoms. The van der Waals surface area contributed by atoms with E-state index in [0.717, 1.165) is 22.4 Å². The molecule has 1 amide bonds. The second-order valence-electron chi connectivity index (χ2n) is 11.4. The molecule has 8 nitrogen and oxygen atoms in total. The van der Waals surface area contributed by atoms with Crippen molar-refractivity contribution in [3.8, 4) is 0 Å². The van der Waals surface area contributed by atoms with Crippen LogP contribution in [0.4, 0.5) is 17.1 Å². The van der Waals surface area contributed by atoms with E-state index in [9.17, 15) is 24.5 Å². The van der Waals surface area contributed by atoms with Gasteiger partial charge in [0.2, 0.25) is 5.91 Å². The van der Waals surface area contributed by atoms with Gasteiger partial charge in [0, 0.05) is 40.2 Å². The number of rotatable bonds is 5. The van der Waals surface area contributed by atoms with Crippen molar-refractivity contribution in [3.63, 3.8) is 0 Å². The number of amides is 1. The van der Waals surface area contributed by atoms with E-state index < -0.39 is 28.3 Å². The van der Waals surface area contributed by atoms with Gasteiger partial charge in [0.15, 0.2) is 11.6 Å². The number of nitrogens with zero attached hydrogens (tertiary/aromatic N) is 2. The summed E-state index contributed by atoms with van der Waals surface area (Å²) in [6.45, 7) is 3.91. The summed E-state index contributed by atoms with van der Waals surface area (Å²) in [7, 11) is 0. The highest BCUT2D eigenvalue weighted by Crippen LogP contribution is 2.58. The highest BCUT2D eigenvalue weighted by atomic mass is 16.6. The van der Waals surface area contributed by atoms with Gasteiger partial charge in [0.05, 0.1) is 16.9 Å². The Morgan fingerprint density at radius 2 is 1.47 bits per heavy atom. The second-order valence-corrected chi connectivity index (χ2v) is 11.4. The van der Waals surface area contributed by atoms with Gasteiger partial charge < -0.3 is 10.2 Å². The minimum atomic E-state index is -1.42. The molecule has 3 aliphatic rings. The number of para-hydroxylation sites is 2. The van der Waals surface area contributed by atoms with Gasteiger partial charge in [0.1, 0.15) is 11.5 Å². The standard InChI is InChI=1S/C35H27N3O5/c1-20-11-13-22(14-12-20)32(39)30-31(33(40)23-15-17-24(18-16-23)38(42)43)37-28-10-6-3-7-25(28)21(2)19-29(37)35(30)26-8-4-5-9-27(26)36-34(35)41/h3-19,29-31H,1-2H3,(H,36,41)/t29-,30-,31+,35+/m1/s1. The van der Waals surface area contributed by atoms with Crippen molar-refractivity contribution in [1.82, 2.24) is 0 Å². The number of nitro groups is 1. The van der Waals surface area contributed by atoms with Crippen LogP contribution in [0.3, 0.4) is 0 Å². The second kappa shape index (κ2) is 9.59. The van der Waals surface area contributed by atoms with Crippen LogP contribution in [0.2, 0.25) is 0 Å². The average Bonchev–Trinajstić information content (AvgIpc) is 3.49. The molecule has 3 heterocycles. The molecule has 0 saturated carbocycles. The van der Waals surface area contributed by atoms with Crippen molar-refractivity contribution < 1.29 is 19.3 Å². The minimum Gasteiger partial charge on any atom is -0.352 e. The number of hydrogen-bond donors (Lipinski definition) is 1. The Labute approximate surface area is 247 Å². The Hall–Kier alpha value is -5.37. The zero-order chi connectivity index (χ0) is 30.0. The molecule has 4 aromatic carbocycles. The number of non-ortho nitro benzene ring substituents is 1. The third-order valence-electron chi connectivity index (χ3n) is 9.13. The number of anilines is 2. The fourth-order valence-electron chi connectivity index (χ4n) is 7.20. The molecule has 1 spiro atoms.